The van der Waals surface area contributed by atoms with E-state index in [-0.39, 0.29) is 54.9 Å². The van der Waals surface area contributed by atoms with Gasteiger partial charge in [-0.05, 0) is 83.6 Å². The van der Waals surface area contributed by atoms with Crippen molar-refractivity contribution in [2.75, 3.05) is 42.2 Å². The molecule has 2 aromatic heterocycles. The molecule has 0 aliphatic carbocycles. The summed E-state index contributed by atoms with van der Waals surface area (Å²) in [5, 5.41) is 1.05. The first-order valence-corrected chi connectivity index (χ1v) is 26.1. The number of nitrogens with one attached hydrogen (secondary N) is 2. The van der Waals surface area contributed by atoms with Crippen LogP contribution >= 0.6 is 69.6 Å². The lowest BCUT2D eigenvalue weighted by Crippen LogP contribution is -2.31. The van der Waals surface area contributed by atoms with Crippen molar-refractivity contribution >= 4 is 95.4 Å². The summed E-state index contributed by atoms with van der Waals surface area (Å²) in [7, 11) is -7.15. The molecular weight excluding hydrogens is 1010 g/mol. The van der Waals surface area contributed by atoms with Gasteiger partial charge >= 0.3 is 0 Å². The number of halogens is 6. The smallest absolute Gasteiger partial charge is 0.232 e. The second-order valence-electron chi connectivity index (χ2n) is 15.4. The van der Waals surface area contributed by atoms with E-state index in [4.69, 9.17) is 93.0 Å². The minimum atomic E-state index is -3.63. The van der Waals surface area contributed by atoms with Crippen molar-refractivity contribution in [2.24, 2.45) is 0 Å². The molecule has 4 aromatic carbocycles. The number of rotatable bonds is 22. The third-order valence-corrected chi connectivity index (χ3v) is 13.7. The van der Waals surface area contributed by atoms with Crippen LogP contribution in [0.5, 0.6) is 23.0 Å². The lowest BCUT2D eigenvalue weighted by atomic mass is 9.66. The SMILES string of the molecule is CC(CCC(C)(c1ccc(OCc2ocnc2S(C)(=O)=O)cc1)c1cc(Cl)c(OCCCl)c(Cl)c1)(c1ccc(OCc2cnc(NS(C)(=O)=O)[nH]2)cc1)c1cc(Cl)c(OCCCl)c(Cl)c1. The van der Waals surface area contributed by atoms with E-state index >= 15 is 0 Å². The molecule has 2 heterocycles. The van der Waals surface area contributed by atoms with Crippen LogP contribution in [0.15, 0.2) is 94.8 Å². The lowest BCUT2D eigenvalue weighted by Gasteiger charge is -2.38. The Morgan fingerprint density at radius 1 is 0.646 bits per heavy atom. The molecule has 348 valence electrons. The molecule has 65 heavy (non-hydrogen) atoms. The number of nitrogens with zero attached hydrogens (tertiary/aromatic N) is 2. The zero-order valence-electron chi connectivity index (χ0n) is 35.4. The van der Waals surface area contributed by atoms with Gasteiger partial charge in [0.2, 0.25) is 16.0 Å². The Bertz CT molecular complexity index is 2780. The maximum Gasteiger partial charge on any atom is 0.232 e. The van der Waals surface area contributed by atoms with Gasteiger partial charge in [0.05, 0.1) is 50.0 Å². The molecule has 0 saturated carbocycles. The van der Waals surface area contributed by atoms with E-state index in [0.717, 1.165) is 41.2 Å². The Morgan fingerprint density at radius 2 is 1.09 bits per heavy atom. The van der Waals surface area contributed by atoms with Gasteiger partial charge in [-0.1, -0.05) is 84.5 Å². The average Bonchev–Trinajstić information content (AvgIpc) is 3.93. The molecule has 0 aliphatic heterocycles. The number of benzene rings is 4. The van der Waals surface area contributed by atoms with Gasteiger partial charge in [-0.15, -0.1) is 23.2 Å². The summed E-state index contributed by atoms with van der Waals surface area (Å²) in [5.41, 5.74) is 2.39. The fraction of sp³-hybridized carbons (Fsp3) is 0.318. The van der Waals surface area contributed by atoms with Crippen LogP contribution in [0, 0.1) is 0 Å². The number of anilines is 1. The molecule has 0 bridgehead atoms. The number of sulfone groups is 1. The minimum absolute atomic E-state index is 0.0794. The number of aromatic nitrogens is 3. The number of ether oxygens (including phenoxy) is 4. The maximum absolute atomic E-state index is 12.2. The van der Waals surface area contributed by atoms with Gasteiger partial charge in [0.15, 0.2) is 38.5 Å². The van der Waals surface area contributed by atoms with E-state index in [1.54, 1.807) is 12.1 Å². The summed E-state index contributed by atoms with van der Waals surface area (Å²) in [4.78, 5) is 10.8. The first kappa shape index (κ1) is 50.4. The van der Waals surface area contributed by atoms with Crippen LogP contribution in [0.4, 0.5) is 5.95 Å². The van der Waals surface area contributed by atoms with Crippen LogP contribution in [0.3, 0.4) is 0 Å². The van der Waals surface area contributed by atoms with Gasteiger partial charge in [0.25, 0.3) is 0 Å². The van der Waals surface area contributed by atoms with Crippen molar-refractivity contribution in [3.63, 3.8) is 0 Å². The molecule has 2 N–H and O–H groups in total. The van der Waals surface area contributed by atoms with E-state index in [9.17, 15) is 16.8 Å². The molecule has 6 rings (SSSR count). The van der Waals surface area contributed by atoms with E-state index < -0.39 is 30.7 Å². The third kappa shape index (κ3) is 12.5. The quantitative estimate of drug-likeness (QED) is 0.0620. The number of oxazole rings is 1. The van der Waals surface area contributed by atoms with Crippen LogP contribution in [-0.2, 0) is 43.9 Å². The molecule has 0 aliphatic rings. The second-order valence-corrected chi connectivity index (χ2v) is 21.5. The summed E-state index contributed by atoms with van der Waals surface area (Å²) < 4.78 is 78.9. The van der Waals surface area contributed by atoms with Crippen molar-refractivity contribution in [3.8, 4) is 23.0 Å². The predicted octanol–water partition coefficient (Wildman–Crippen LogP) is 11.3. The van der Waals surface area contributed by atoms with Crippen LogP contribution in [0.2, 0.25) is 20.1 Å². The maximum atomic E-state index is 12.2. The van der Waals surface area contributed by atoms with E-state index in [1.165, 1.54) is 6.20 Å². The Kier molecular flexibility index (Phi) is 16.5. The molecule has 0 fully saturated rings. The molecule has 0 radical (unpaired) electrons. The molecule has 0 amide bonds. The molecular formula is C44H44Cl6N4O9S2. The van der Waals surface area contributed by atoms with E-state index in [2.05, 4.69) is 33.5 Å². The number of H-pyrrole nitrogens is 1. The van der Waals surface area contributed by atoms with Crippen molar-refractivity contribution < 1.29 is 40.2 Å². The molecule has 0 saturated heterocycles. The topological polar surface area (TPSA) is 172 Å². The number of alkyl halides is 2. The van der Waals surface area contributed by atoms with Crippen molar-refractivity contribution in [1.29, 1.82) is 0 Å². The average molecular weight is 1050 g/mol. The summed E-state index contributed by atoms with van der Waals surface area (Å²) in [6.07, 6.45) is 5.63. The highest BCUT2D eigenvalue weighted by Crippen LogP contribution is 2.48. The summed E-state index contributed by atoms with van der Waals surface area (Å²) in [5.74, 6) is 2.28. The standard InChI is InChI=1S/C44H44Cl6N4O9S2/c1-43(29-19-34(47)39(35(48)20-29)59-17-15-45,27-5-9-32(10-6-27)61-24-31-23-51-42(53-31)54-65(4,57)58)13-14-44(2,30-21-36(49)40(37(50)22-30)60-18-16-46)28-7-11-33(12-8-28)62-25-38-41(52-26-63-38)64(3,55)56/h5-12,19-23,26H,13-18,24-25H2,1-4H3,(H2,51,53,54). The molecule has 6 aromatic rings. The van der Waals surface area contributed by atoms with E-state index in [0.29, 0.717) is 61.6 Å². The molecule has 2 unspecified atom stereocenters. The summed E-state index contributed by atoms with van der Waals surface area (Å²) >= 11 is 39.3. The normalized spacial score (nSPS) is 13.8. The van der Waals surface area contributed by atoms with E-state index in [1.807, 2.05) is 60.7 Å². The third-order valence-electron chi connectivity index (χ3n) is 10.7. The molecule has 0 spiro atoms. The zero-order chi connectivity index (χ0) is 47.2. The van der Waals surface area contributed by atoms with Crippen LogP contribution in [0.25, 0.3) is 0 Å². The van der Waals surface area contributed by atoms with Crippen LogP contribution < -0.4 is 23.7 Å². The predicted molar refractivity (Wildman–Crippen MR) is 256 cm³/mol. The molecule has 21 heteroatoms. The molecule has 2 atom stereocenters. The van der Waals surface area contributed by atoms with Gasteiger partial charge in [-0.3, -0.25) is 4.72 Å². The number of hydrogen-bond donors (Lipinski definition) is 2. The highest BCUT2D eigenvalue weighted by Gasteiger charge is 2.37. The summed E-state index contributed by atoms with van der Waals surface area (Å²) in [6, 6.07) is 22.4. The van der Waals surface area contributed by atoms with Gasteiger partial charge in [-0.2, -0.15) is 0 Å². The monoisotopic (exact) mass is 1050 g/mol. The minimum Gasteiger partial charge on any atom is -0.489 e. The number of hydrogen-bond acceptors (Lipinski definition) is 11. The second kappa shape index (κ2) is 21.3. The van der Waals surface area contributed by atoms with Gasteiger partial charge in [-0.25, -0.2) is 26.8 Å². The van der Waals surface area contributed by atoms with Crippen molar-refractivity contribution in [2.45, 2.75) is 55.8 Å². The Labute approximate surface area is 407 Å². The van der Waals surface area contributed by atoms with Gasteiger partial charge in [0, 0.05) is 17.1 Å². The number of aromatic amines is 1. The number of imidazole rings is 1. The molecule has 13 nitrogen and oxygen atoms in total. The van der Waals surface area contributed by atoms with Crippen molar-refractivity contribution in [3.05, 3.63) is 139 Å². The Morgan fingerprint density at radius 3 is 1.51 bits per heavy atom. The number of sulfonamides is 1. The lowest BCUT2D eigenvalue weighted by molar-refractivity contribution is 0.265. The first-order chi connectivity index (χ1) is 30.7. The Hall–Kier alpha value is -4.06. The van der Waals surface area contributed by atoms with Crippen LogP contribution in [0.1, 0.15) is 60.4 Å². The fourth-order valence-corrected chi connectivity index (χ4v) is 9.75. The van der Waals surface area contributed by atoms with Crippen LogP contribution in [-0.4, -0.2) is 69.3 Å². The first-order valence-electron chi connectivity index (χ1n) is 19.7. The fourth-order valence-electron chi connectivity index (χ4n) is 7.19. The Balaban J connectivity index is 1.37. The zero-order valence-corrected chi connectivity index (χ0v) is 41.6. The highest BCUT2D eigenvalue weighted by molar-refractivity contribution is 7.92. The highest BCUT2D eigenvalue weighted by atomic mass is 35.5. The summed E-state index contributed by atoms with van der Waals surface area (Å²) in [6.45, 7) is 4.52. The largest absolute Gasteiger partial charge is 0.489 e. The van der Waals surface area contributed by atoms with Gasteiger partial charge < -0.3 is 28.3 Å². The van der Waals surface area contributed by atoms with Crippen molar-refractivity contribution in [1.82, 2.24) is 15.0 Å². The van der Waals surface area contributed by atoms with Gasteiger partial charge in [0.1, 0.15) is 37.9 Å².